The zero-order chi connectivity index (χ0) is 19.4. The summed E-state index contributed by atoms with van der Waals surface area (Å²) in [5, 5.41) is 8.17. The predicted molar refractivity (Wildman–Crippen MR) is 95.7 cm³/mol. The number of halogens is 3. The number of carbonyl (C=O) groups excluding carboxylic acids is 1. The van der Waals surface area contributed by atoms with Crippen LogP contribution < -0.4 is 16.0 Å². The summed E-state index contributed by atoms with van der Waals surface area (Å²) in [6.45, 7) is 1.41. The van der Waals surface area contributed by atoms with Crippen molar-refractivity contribution in [2.24, 2.45) is 0 Å². The second kappa shape index (κ2) is 7.73. The molecule has 0 fully saturated rings. The maximum absolute atomic E-state index is 13.7. The molecule has 0 spiro atoms. The summed E-state index contributed by atoms with van der Waals surface area (Å²) < 4.78 is 40.0. The summed E-state index contributed by atoms with van der Waals surface area (Å²) in [5.41, 5.74) is 1.05. The Labute approximate surface area is 152 Å². The smallest absolute Gasteiger partial charge is 0.229 e. The lowest BCUT2D eigenvalue weighted by atomic mass is 10.2. The van der Waals surface area contributed by atoms with Gasteiger partial charge in [0.1, 0.15) is 5.82 Å². The maximum Gasteiger partial charge on any atom is 0.229 e. The molecular formula is C18H14F3N5O. The van der Waals surface area contributed by atoms with E-state index < -0.39 is 17.5 Å². The molecule has 6 nitrogen and oxygen atoms in total. The molecule has 0 atom stereocenters. The van der Waals surface area contributed by atoms with E-state index in [-0.39, 0.29) is 17.5 Å². The number of hydrogen-bond donors (Lipinski definition) is 3. The Bertz CT molecular complexity index is 979. The summed E-state index contributed by atoms with van der Waals surface area (Å²) in [6.07, 6.45) is 1.42. The fourth-order valence-corrected chi connectivity index (χ4v) is 2.22. The third-order valence-electron chi connectivity index (χ3n) is 3.41. The minimum Gasteiger partial charge on any atom is -0.340 e. The molecule has 2 aromatic carbocycles. The van der Waals surface area contributed by atoms with E-state index in [1.807, 2.05) is 0 Å². The van der Waals surface area contributed by atoms with Gasteiger partial charge in [0, 0.05) is 24.5 Å². The molecule has 0 bridgehead atoms. The number of amides is 1. The van der Waals surface area contributed by atoms with Crippen LogP contribution in [0.5, 0.6) is 0 Å². The van der Waals surface area contributed by atoms with Gasteiger partial charge < -0.3 is 16.0 Å². The molecule has 1 aromatic heterocycles. The standard InChI is InChI=1S/C18H14F3N5O/c1-10(27)23-11-2-4-12(5-3-11)24-15-8-9-22-18(26-15)25-14-7-6-13(19)16(20)17(14)21/h2-9H,1H3,(H,23,27)(H2,22,24,25,26). The topological polar surface area (TPSA) is 78.9 Å². The van der Waals surface area contributed by atoms with E-state index in [0.717, 1.165) is 12.1 Å². The molecule has 0 aliphatic rings. The number of nitrogens with zero attached hydrogens (tertiary/aromatic N) is 2. The van der Waals surface area contributed by atoms with Crippen LogP contribution in [0, 0.1) is 17.5 Å². The third-order valence-corrected chi connectivity index (χ3v) is 3.41. The molecule has 3 aromatic rings. The van der Waals surface area contributed by atoms with Crippen molar-refractivity contribution < 1.29 is 18.0 Å². The Morgan fingerprint density at radius 2 is 1.59 bits per heavy atom. The summed E-state index contributed by atoms with van der Waals surface area (Å²) in [4.78, 5) is 19.1. The van der Waals surface area contributed by atoms with Crippen LogP contribution in [0.25, 0.3) is 0 Å². The highest BCUT2D eigenvalue weighted by Gasteiger charge is 2.14. The zero-order valence-electron chi connectivity index (χ0n) is 14.1. The van der Waals surface area contributed by atoms with E-state index in [4.69, 9.17) is 0 Å². The molecule has 0 aliphatic carbocycles. The molecule has 9 heteroatoms. The second-order valence-electron chi connectivity index (χ2n) is 5.50. The first-order valence-electron chi connectivity index (χ1n) is 7.80. The Morgan fingerprint density at radius 3 is 2.30 bits per heavy atom. The first kappa shape index (κ1) is 18.2. The number of anilines is 5. The van der Waals surface area contributed by atoms with Gasteiger partial charge in [0.2, 0.25) is 11.9 Å². The normalized spacial score (nSPS) is 10.4. The van der Waals surface area contributed by atoms with Crippen molar-refractivity contribution in [3.05, 3.63) is 66.1 Å². The minimum atomic E-state index is -1.58. The molecular weight excluding hydrogens is 359 g/mol. The van der Waals surface area contributed by atoms with E-state index >= 15 is 0 Å². The lowest BCUT2D eigenvalue weighted by Crippen LogP contribution is -2.05. The van der Waals surface area contributed by atoms with Gasteiger partial charge in [-0.2, -0.15) is 4.98 Å². The van der Waals surface area contributed by atoms with Crippen molar-refractivity contribution in [3.63, 3.8) is 0 Å². The fourth-order valence-electron chi connectivity index (χ4n) is 2.22. The van der Waals surface area contributed by atoms with Gasteiger partial charge in [-0.1, -0.05) is 0 Å². The van der Waals surface area contributed by atoms with Crippen LogP contribution in [0.3, 0.4) is 0 Å². The summed E-state index contributed by atoms with van der Waals surface area (Å²) >= 11 is 0. The summed E-state index contributed by atoms with van der Waals surface area (Å²) in [5.74, 6) is -4.00. The number of benzene rings is 2. The lowest BCUT2D eigenvalue weighted by molar-refractivity contribution is -0.114. The van der Waals surface area contributed by atoms with E-state index in [2.05, 4.69) is 25.9 Å². The van der Waals surface area contributed by atoms with E-state index in [1.165, 1.54) is 13.1 Å². The number of rotatable bonds is 5. The van der Waals surface area contributed by atoms with Crippen LogP contribution in [0.2, 0.25) is 0 Å². The van der Waals surface area contributed by atoms with Crippen molar-refractivity contribution in [2.45, 2.75) is 6.92 Å². The average molecular weight is 373 g/mol. The van der Waals surface area contributed by atoms with Crippen LogP contribution >= 0.6 is 0 Å². The second-order valence-corrected chi connectivity index (χ2v) is 5.50. The molecule has 27 heavy (non-hydrogen) atoms. The van der Waals surface area contributed by atoms with Crippen LogP contribution in [0.4, 0.5) is 42.0 Å². The predicted octanol–water partition coefficient (Wildman–Crippen LogP) is 4.34. The first-order valence-corrected chi connectivity index (χ1v) is 7.80. The lowest BCUT2D eigenvalue weighted by Gasteiger charge is -2.10. The molecule has 0 aliphatic heterocycles. The van der Waals surface area contributed by atoms with Gasteiger partial charge in [-0.3, -0.25) is 4.79 Å². The van der Waals surface area contributed by atoms with Crippen LogP contribution in [-0.4, -0.2) is 15.9 Å². The van der Waals surface area contributed by atoms with Crippen molar-refractivity contribution in [1.82, 2.24) is 9.97 Å². The van der Waals surface area contributed by atoms with Crippen molar-refractivity contribution in [1.29, 1.82) is 0 Å². The molecule has 3 N–H and O–H groups in total. The van der Waals surface area contributed by atoms with Gasteiger partial charge in [0.15, 0.2) is 17.5 Å². The highest BCUT2D eigenvalue weighted by Crippen LogP contribution is 2.23. The summed E-state index contributed by atoms with van der Waals surface area (Å²) in [6, 6.07) is 10.3. The number of aromatic nitrogens is 2. The van der Waals surface area contributed by atoms with Gasteiger partial charge in [-0.15, -0.1) is 0 Å². The van der Waals surface area contributed by atoms with Crippen LogP contribution in [-0.2, 0) is 4.79 Å². The average Bonchev–Trinajstić information content (AvgIpc) is 2.64. The molecule has 0 unspecified atom stereocenters. The zero-order valence-corrected chi connectivity index (χ0v) is 14.1. The number of hydrogen-bond acceptors (Lipinski definition) is 5. The molecule has 1 heterocycles. The third kappa shape index (κ3) is 4.51. The molecule has 0 radical (unpaired) electrons. The SMILES string of the molecule is CC(=O)Nc1ccc(Nc2ccnc(Nc3ccc(F)c(F)c3F)n2)cc1. The van der Waals surface area contributed by atoms with Gasteiger partial charge >= 0.3 is 0 Å². The minimum absolute atomic E-state index is 0.000209. The van der Waals surface area contributed by atoms with Gasteiger partial charge in [-0.25, -0.2) is 18.2 Å². The quantitative estimate of drug-likeness (QED) is 0.580. The number of carbonyl (C=O) groups is 1. The van der Waals surface area contributed by atoms with E-state index in [9.17, 15) is 18.0 Å². The van der Waals surface area contributed by atoms with Crippen molar-refractivity contribution in [3.8, 4) is 0 Å². The van der Waals surface area contributed by atoms with Gasteiger partial charge in [-0.05, 0) is 42.5 Å². The highest BCUT2D eigenvalue weighted by atomic mass is 19.2. The molecule has 1 amide bonds. The summed E-state index contributed by atoms with van der Waals surface area (Å²) in [7, 11) is 0. The monoisotopic (exact) mass is 373 g/mol. The van der Waals surface area contributed by atoms with E-state index in [1.54, 1.807) is 30.3 Å². The molecule has 3 rings (SSSR count). The maximum atomic E-state index is 13.7. The Hall–Kier alpha value is -3.62. The van der Waals surface area contributed by atoms with E-state index in [0.29, 0.717) is 17.2 Å². The van der Waals surface area contributed by atoms with Crippen LogP contribution in [0.1, 0.15) is 6.92 Å². The highest BCUT2D eigenvalue weighted by molar-refractivity contribution is 5.88. The Morgan fingerprint density at radius 1 is 0.889 bits per heavy atom. The first-order chi connectivity index (χ1) is 12.9. The van der Waals surface area contributed by atoms with Crippen molar-refractivity contribution >= 4 is 34.7 Å². The Balaban J connectivity index is 1.74. The van der Waals surface area contributed by atoms with Crippen molar-refractivity contribution in [2.75, 3.05) is 16.0 Å². The van der Waals surface area contributed by atoms with Gasteiger partial charge in [0.25, 0.3) is 0 Å². The van der Waals surface area contributed by atoms with Gasteiger partial charge in [0.05, 0.1) is 5.69 Å². The largest absolute Gasteiger partial charge is 0.340 e. The Kier molecular flexibility index (Phi) is 5.20. The molecule has 138 valence electrons. The molecule has 0 saturated heterocycles. The molecule has 0 saturated carbocycles. The number of nitrogens with one attached hydrogen (secondary N) is 3. The van der Waals surface area contributed by atoms with Crippen LogP contribution in [0.15, 0.2) is 48.7 Å². The fraction of sp³-hybridized carbons (Fsp3) is 0.0556.